The molecule has 0 atom stereocenters. The lowest BCUT2D eigenvalue weighted by Gasteiger charge is -2.06. The molecule has 0 radical (unpaired) electrons. The first-order valence-corrected chi connectivity index (χ1v) is 5.97. The van der Waals surface area contributed by atoms with Crippen LogP contribution < -0.4 is 4.74 Å². The van der Waals surface area contributed by atoms with Gasteiger partial charge in [0.2, 0.25) is 5.76 Å². The summed E-state index contributed by atoms with van der Waals surface area (Å²) < 4.78 is 16.2. The van der Waals surface area contributed by atoms with Crippen molar-refractivity contribution in [2.24, 2.45) is 0 Å². The van der Waals surface area contributed by atoms with Gasteiger partial charge in [-0.3, -0.25) is 0 Å². The second-order valence-corrected chi connectivity index (χ2v) is 4.42. The van der Waals surface area contributed by atoms with Crippen LogP contribution in [0, 0.1) is 0 Å². The zero-order valence-electron chi connectivity index (χ0n) is 9.90. The fraction of sp³-hybridized carbons (Fsp3) is 0.154. The minimum atomic E-state index is -0.502. The lowest BCUT2D eigenvalue weighted by atomic mass is 10.1. The van der Waals surface area contributed by atoms with Gasteiger partial charge in [0, 0.05) is 4.47 Å². The van der Waals surface area contributed by atoms with E-state index in [1.54, 1.807) is 19.2 Å². The summed E-state index contributed by atoms with van der Waals surface area (Å²) in [4.78, 5) is 11.3. The largest absolute Gasteiger partial charge is 0.496 e. The van der Waals surface area contributed by atoms with Gasteiger partial charge in [-0.15, -0.1) is 0 Å². The van der Waals surface area contributed by atoms with E-state index in [9.17, 15) is 4.79 Å². The monoisotopic (exact) mass is 310 g/mol. The molecular weight excluding hydrogens is 300 g/mol. The smallest absolute Gasteiger partial charge is 0.373 e. The van der Waals surface area contributed by atoms with Gasteiger partial charge in [0.1, 0.15) is 11.5 Å². The highest BCUT2D eigenvalue weighted by molar-refractivity contribution is 9.10. The van der Waals surface area contributed by atoms with E-state index in [0.29, 0.717) is 11.5 Å². The van der Waals surface area contributed by atoms with Gasteiger partial charge < -0.3 is 13.9 Å². The first kappa shape index (κ1) is 12.7. The number of esters is 1. The van der Waals surface area contributed by atoms with E-state index in [-0.39, 0.29) is 5.76 Å². The van der Waals surface area contributed by atoms with Gasteiger partial charge >= 0.3 is 5.97 Å². The summed E-state index contributed by atoms with van der Waals surface area (Å²) in [6.07, 6.45) is 0. The van der Waals surface area contributed by atoms with Crippen molar-refractivity contribution in [3.63, 3.8) is 0 Å². The molecule has 5 heteroatoms. The summed E-state index contributed by atoms with van der Waals surface area (Å²) in [7, 11) is 2.89. The average molecular weight is 311 g/mol. The fourth-order valence-electron chi connectivity index (χ4n) is 1.56. The van der Waals surface area contributed by atoms with E-state index in [2.05, 4.69) is 20.7 Å². The van der Waals surface area contributed by atoms with Gasteiger partial charge in [-0.25, -0.2) is 4.79 Å². The first-order valence-electron chi connectivity index (χ1n) is 5.17. The predicted molar refractivity (Wildman–Crippen MR) is 69.7 cm³/mol. The summed E-state index contributed by atoms with van der Waals surface area (Å²) in [5.41, 5.74) is 0.774. The maximum atomic E-state index is 11.3. The Hall–Kier alpha value is -1.75. The van der Waals surface area contributed by atoms with Crippen molar-refractivity contribution in [3.8, 4) is 17.1 Å². The molecule has 94 valence electrons. The van der Waals surface area contributed by atoms with Crippen molar-refractivity contribution in [2.45, 2.75) is 0 Å². The number of halogens is 1. The summed E-state index contributed by atoms with van der Waals surface area (Å²) in [5, 5.41) is 0. The normalized spacial score (nSPS) is 10.2. The second kappa shape index (κ2) is 5.27. The number of ether oxygens (including phenoxy) is 2. The van der Waals surface area contributed by atoms with Crippen LogP contribution in [0.15, 0.2) is 39.2 Å². The van der Waals surface area contributed by atoms with Crippen LogP contribution in [0.2, 0.25) is 0 Å². The van der Waals surface area contributed by atoms with Crippen LogP contribution in [0.5, 0.6) is 5.75 Å². The molecule has 0 saturated carbocycles. The molecule has 1 aromatic heterocycles. The van der Waals surface area contributed by atoms with Crippen LogP contribution >= 0.6 is 15.9 Å². The lowest BCUT2D eigenvalue weighted by molar-refractivity contribution is 0.0566. The molecule has 0 spiro atoms. The van der Waals surface area contributed by atoms with Gasteiger partial charge in [-0.1, -0.05) is 15.9 Å². The third-order valence-electron chi connectivity index (χ3n) is 2.42. The van der Waals surface area contributed by atoms with Gasteiger partial charge in [-0.05, 0) is 30.3 Å². The van der Waals surface area contributed by atoms with Gasteiger partial charge in [0.15, 0.2) is 0 Å². The predicted octanol–water partition coefficient (Wildman–Crippen LogP) is 3.50. The Labute approximate surface area is 113 Å². The van der Waals surface area contributed by atoms with Crippen LogP contribution in [0.4, 0.5) is 0 Å². The van der Waals surface area contributed by atoms with E-state index in [4.69, 9.17) is 9.15 Å². The zero-order valence-corrected chi connectivity index (χ0v) is 11.5. The van der Waals surface area contributed by atoms with E-state index < -0.39 is 5.97 Å². The molecule has 4 nitrogen and oxygen atoms in total. The van der Waals surface area contributed by atoms with Crippen LogP contribution in [-0.2, 0) is 4.74 Å². The SMILES string of the molecule is COC(=O)c1ccc(-c2ccc(Br)cc2OC)o1. The topological polar surface area (TPSA) is 48.7 Å². The number of methoxy groups -OCH3 is 2. The Kier molecular flexibility index (Phi) is 3.72. The average Bonchev–Trinajstić information content (AvgIpc) is 2.87. The number of hydrogen-bond donors (Lipinski definition) is 0. The van der Waals surface area contributed by atoms with Crippen molar-refractivity contribution < 1.29 is 18.7 Å². The summed E-state index contributed by atoms with van der Waals surface area (Å²) in [6, 6.07) is 8.83. The molecule has 1 aromatic carbocycles. The number of benzene rings is 1. The van der Waals surface area contributed by atoms with E-state index in [1.807, 2.05) is 18.2 Å². The molecule has 0 fully saturated rings. The van der Waals surface area contributed by atoms with Crippen LogP contribution in [0.25, 0.3) is 11.3 Å². The van der Waals surface area contributed by atoms with Crippen LogP contribution in [-0.4, -0.2) is 20.2 Å². The Morgan fingerprint density at radius 3 is 2.67 bits per heavy atom. The molecule has 0 bridgehead atoms. The minimum absolute atomic E-state index is 0.164. The highest BCUT2D eigenvalue weighted by Crippen LogP contribution is 2.33. The first-order chi connectivity index (χ1) is 8.65. The molecule has 0 aliphatic heterocycles. The number of carbonyl (C=O) groups excluding carboxylic acids is 1. The van der Waals surface area contributed by atoms with E-state index >= 15 is 0 Å². The van der Waals surface area contributed by atoms with E-state index in [1.165, 1.54) is 7.11 Å². The number of carbonyl (C=O) groups is 1. The molecule has 2 aromatic rings. The highest BCUT2D eigenvalue weighted by atomic mass is 79.9. The van der Waals surface area contributed by atoms with Gasteiger partial charge in [-0.2, -0.15) is 0 Å². The minimum Gasteiger partial charge on any atom is -0.496 e. The Balaban J connectivity index is 2.42. The van der Waals surface area contributed by atoms with Gasteiger partial charge in [0.25, 0.3) is 0 Å². The molecule has 0 unspecified atom stereocenters. The second-order valence-electron chi connectivity index (χ2n) is 3.50. The van der Waals surface area contributed by atoms with Crippen LogP contribution in [0.3, 0.4) is 0 Å². The summed E-state index contributed by atoms with van der Waals surface area (Å²) >= 11 is 3.36. The molecule has 2 rings (SSSR count). The van der Waals surface area contributed by atoms with Crippen molar-refractivity contribution in [3.05, 3.63) is 40.6 Å². The number of furan rings is 1. The molecule has 0 amide bonds. The molecule has 18 heavy (non-hydrogen) atoms. The fourth-order valence-corrected chi connectivity index (χ4v) is 1.90. The van der Waals surface area contributed by atoms with Gasteiger partial charge in [0.05, 0.1) is 19.8 Å². The van der Waals surface area contributed by atoms with E-state index in [0.717, 1.165) is 10.0 Å². The summed E-state index contributed by atoms with van der Waals surface area (Å²) in [5.74, 6) is 0.879. The molecule has 0 aliphatic rings. The lowest BCUT2D eigenvalue weighted by Crippen LogP contribution is -1.98. The number of rotatable bonds is 3. The molecular formula is C13H11BrO4. The Morgan fingerprint density at radius 1 is 1.22 bits per heavy atom. The zero-order chi connectivity index (χ0) is 13.1. The Bertz CT molecular complexity index is 574. The molecule has 0 aliphatic carbocycles. The Morgan fingerprint density at radius 2 is 2.00 bits per heavy atom. The maximum absolute atomic E-state index is 11.3. The maximum Gasteiger partial charge on any atom is 0.373 e. The quantitative estimate of drug-likeness (QED) is 0.814. The third-order valence-corrected chi connectivity index (χ3v) is 2.91. The van der Waals surface area contributed by atoms with Crippen molar-refractivity contribution in [2.75, 3.05) is 14.2 Å². The molecule has 0 saturated heterocycles. The van der Waals surface area contributed by atoms with Crippen molar-refractivity contribution in [1.29, 1.82) is 0 Å². The van der Waals surface area contributed by atoms with Crippen molar-refractivity contribution in [1.82, 2.24) is 0 Å². The highest BCUT2D eigenvalue weighted by Gasteiger charge is 2.15. The summed E-state index contributed by atoms with van der Waals surface area (Å²) in [6.45, 7) is 0. The van der Waals surface area contributed by atoms with Crippen molar-refractivity contribution >= 4 is 21.9 Å². The molecule has 0 N–H and O–H groups in total. The third kappa shape index (κ3) is 2.41. The van der Waals surface area contributed by atoms with Crippen LogP contribution in [0.1, 0.15) is 10.6 Å². The standard InChI is InChI=1S/C13H11BrO4/c1-16-12-7-8(14)3-4-9(12)10-5-6-11(18-10)13(15)17-2/h3-7H,1-2H3. The number of hydrogen-bond acceptors (Lipinski definition) is 4. The molecule has 1 heterocycles.